The molecule has 1 saturated heterocycles. The van der Waals surface area contributed by atoms with Gasteiger partial charge in [-0.3, -0.25) is 9.69 Å². The summed E-state index contributed by atoms with van der Waals surface area (Å²) in [6.07, 6.45) is 3.79. The molecule has 0 atom stereocenters. The minimum absolute atomic E-state index is 0.0406. The molecule has 1 fully saturated rings. The molecule has 3 amide bonds. The molecule has 7 heteroatoms. The second-order valence-electron chi connectivity index (χ2n) is 8.64. The van der Waals surface area contributed by atoms with Crippen molar-refractivity contribution in [2.45, 2.75) is 32.0 Å². The monoisotopic (exact) mass is 433 g/mol. The fourth-order valence-electron chi connectivity index (χ4n) is 4.13. The number of urea groups is 1. The lowest BCUT2D eigenvalue weighted by Gasteiger charge is -2.32. The van der Waals surface area contributed by atoms with E-state index in [2.05, 4.69) is 39.8 Å². The van der Waals surface area contributed by atoms with Crippen LogP contribution in [0.25, 0.3) is 10.9 Å². The minimum atomic E-state index is -0.173. The molecular formula is C25H31N5O2. The Morgan fingerprint density at radius 1 is 1.03 bits per heavy atom. The highest BCUT2D eigenvalue weighted by atomic mass is 16.2. The second-order valence-corrected chi connectivity index (χ2v) is 8.64. The van der Waals surface area contributed by atoms with Gasteiger partial charge >= 0.3 is 6.03 Å². The Hall–Kier alpha value is -3.32. The predicted octanol–water partition coefficient (Wildman–Crippen LogP) is 3.52. The van der Waals surface area contributed by atoms with Gasteiger partial charge in [-0.15, -0.1) is 0 Å². The summed E-state index contributed by atoms with van der Waals surface area (Å²) < 4.78 is 1.92. The van der Waals surface area contributed by atoms with Gasteiger partial charge in [0.2, 0.25) is 5.91 Å². The zero-order valence-electron chi connectivity index (χ0n) is 18.8. The summed E-state index contributed by atoms with van der Waals surface area (Å²) in [5, 5.41) is 7.05. The summed E-state index contributed by atoms with van der Waals surface area (Å²) in [5.41, 5.74) is 3.04. The van der Waals surface area contributed by atoms with Gasteiger partial charge in [-0.05, 0) is 42.7 Å². The number of anilines is 1. The van der Waals surface area contributed by atoms with Crippen molar-refractivity contribution < 1.29 is 9.59 Å². The van der Waals surface area contributed by atoms with Gasteiger partial charge in [-0.1, -0.05) is 30.3 Å². The predicted molar refractivity (Wildman–Crippen MR) is 128 cm³/mol. The summed E-state index contributed by atoms with van der Waals surface area (Å²) in [5.74, 6) is 0.0406. The van der Waals surface area contributed by atoms with Crippen LogP contribution >= 0.6 is 0 Å². The van der Waals surface area contributed by atoms with Crippen molar-refractivity contribution in [3.8, 4) is 0 Å². The van der Waals surface area contributed by atoms with Crippen molar-refractivity contribution in [2.24, 2.45) is 0 Å². The number of likely N-dealkylation sites (N-methyl/N-ethyl adjacent to an activating group) is 1. The number of carbonyl (C=O) groups excluding carboxylic acids is 2. The number of nitrogens with one attached hydrogen (secondary N) is 2. The van der Waals surface area contributed by atoms with E-state index in [-0.39, 0.29) is 18.0 Å². The van der Waals surface area contributed by atoms with Crippen LogP contribution in [0.3, 0.4) is 0 Å². The zero-order valence-corrected chi connectivity index (χ0v) is 18.8. The number of likely N-dealkylation sites (tertiary alicyclic amines) is 1. The van der Waals surface area contributed by atoms with E-state index in [4.69, 9.17) is 0 Å². The number of carbonyl (C=O) groups is 2. The van der Waals surface area contributed by atoms with Crippen LogP contribution in [0.5, 0.6) is 0 Å². The first-order chi connectivity index (χ1) is 15.5. The van der Waals surface area contributed by atoms with E-state index in [9.17, 15) is 9.59 Å². The molecular weight excluding hydrogens is 402 g/mol. The molecule has 0 spiro atoms. The van der Waals surface area contributed by atoms with Gasteiger partial charge in [0.05, 0.1) is 0 Å². The maximum Gasteiger partial charge on any atom is 0.319 e. The highest BCUT2D eigenvalue weighted by Crippen LogP contribution is 2.21. The summed E-state index contributed by atoms with van der Waals surface area (Å²) in [6.45, 7) is 3.21. The first-order valence-electron chi connectivity index (χ1n) is 11.1. The van der Waals surface area contributed by atoms with Crippen LogP contribution in [0.1, 0.15) is 18.4 Å². The average Bonchev–Trinajstić information content (AvgIpc) is 3.17. The molecule has 0 unspecified atom stereocenters. The van der Waals surface area contributed by atoms with Crippen LogP contribution < -0.4 is 10.6 Å². The largest absolute Gasteiger partial charge is 0.347 e. The van der Waals surface area contributed by atoms with Crippen molar-refractivity contribution in [3.63, 3.8) is 0 Å². The van der Waals surface area contributed by atoms with Crippen LogP contribution in [0.15, 0.2) is 60.8 Å². The Labute approximate surface area is 189 Å². The molecule has 32 heavy (non-hydrogen) atoms. The summed E-state index contributed by atoms with van der Waals surface area (Å²) in [6, 6.07) is 18.2. The van der Waals surface area contributed by atoms with Gasteiger partial charge in [0, 0.05) is 62.6 Å². The number of amides is 3. The van der Waals surface area contributed by atoms with Crippen molar-refractivity contribution in [3.05, 3.63) is 66.4 Å². The number of fused-ring (bicyclic) bond motifs is 1. The van der Waals surface area contributed by atoms with Crippen LogP contribution in [-0.4, -0.2) is 59.5 Å². The smallest absolute Gasteiger partial charge is 0.319 e. The van der Waals surface area contributed by atoms with Crippen LogP contribution in [0.4, 0.5) is 10.5 Å². The first-order valence-corrected chi connectivity index (χ1v) is 11.1. The van der Waals surface area contributed by atoms with Crippen molar-refractivity contribution in [2.75, 3.05) is 32.5 Å². The van der Waals surface area contributed by atoms with Crippen molar-refractivity contribution in [1.29, 1.82) is 0 Å². The molecule has 1 aliphatic rings. The third kappa shape index (κ3) is 5.48. The number of hydrogen-bond donors (Lipinski definition) is 2. The summed E-state index contributed by atoms with van der Waals surface area (Å²) >= 11 is 0. The quantitative estimate of drug-likeness (QED) is 0.625. The number of rotatable bonds is 6. The number of piperidine rings is 1. The molecule has 0 aliphatic carbocycles. The second kappa shape index (κ2) is 9.87. The highest BCUT2D eigenvalue weighted by molar-refractivity contribution is 5.93. The molecule has 2 heterocycles. The standard InChI is InChI=1S/C25H31N5O2/c1-28(2)24(31)18-30-15-10-20-16-22(8-9-23(20)30)27-25(32)26-21-11-13-29(14-12-21)17-19-6-4-3-5-7-19/h3-10,15-16,21H,11-14,17-18H2,1-2H3,(H2,26,27,32). The summed E-state index contributed by atoms with van der Waals surface area (Å²) in [7, 11) is 3.50. The van der Waals surface area contributed by atoms with E-state index < -0.39 is 0 Å². The lowest BCUT2D eigenvalue weighted by Crippen LogP contribution is -2.45. The Kier molecular flexibility index (Phi) is 6.75. The van der Waals surface area contributed by atoms with E-state index in [1.807, 2.05) is 41.1 Å². The summed E-state index contributed by atoms with van der Waals surface area (Å²) in [4.78, 5) is 28.5. The molecule has 0 radical (unpaired) electrons. The Balaban J connectivity index is 1.27. The maximum absolute atomic E-state index is 12.5. The lowest BCUT2D eigenvalue weighted by atomic mass is 10.0. The first kappa shape index (κ1) is 21.9. The zero-order chi connectivity index (χ0) is 22.5. The van der Waals surface area contributed by atoms with Gasteiger partial charge in [0.25, 0.3) is 0 Å². The number of aromatic nitrogens is 1. The number of hydrogen-bond acceptors (Lipinski definition) is 3. The normalized spacial score (nSPS) is 14.9. The molecule has 4 rings (SSSR count). The maximum atomic E-state index is 12.5. The third-order valence-electron chi connectivity index (χ3n) is 6.01. The van der Waals surface area contributed by atoms with E-state index in [0.717, 1.165) is 49.1 Å². The number of benzene rings is 2. The van der Waals surface area contributed by atoms with Gasteiger partial charge in [-0.25, -0.2) is 4.79 Å². The Morgan fingerprint density at radius 2 is 1.78 bits per heavy atom. The molecule has 3 aromatic rings. The van der Waals surface area contributed by atoms with Gasteiger partial charge < -0.3 is 20.1 Å². The van der Waals surface area contributed by atoms with Crippen LogP contribution in [0, 0.1) is 0 Å². The molecule has 168 valence electrons. The van der Waals surface area contributed by atoms with Crippen molar-refractivity contribution >= 4 is 28.5 Å². The highest BCUT2D eigenvalue weighted by Gasteiger charge is 2.21. The van der Waals surface area contributed by atoms with E-state index >= 15 is 0 Å². The molecule has 7 nitrogen and oxygen atoms in total. The lowest BCUT2D eigenvalue weighted by molar-refractivity contribution is -0.129. The van der Waals surface area contributed by atoms with E-state index in [1.54, 1.807) is 19.0 Å². The minimum Gasteiger partial charge on any atom is -0.347 e. The topological polar surface area (TPSA) is 69.6 Å². The molecule has 1 aromatic heterocycles. The van der Waals surface area contributed by atoms with Gasteiger partial charge in [0.15, 0.2) is 0 Å². The number of nitrogens with zero attached hydrogens (tertiary/aromatic N) is 3. The van der Waals surface area contributed by atoms with E-state index in [0.29, 0.717) is 6.54 Å². The molecule has 0 bridgehead atoms. The van der Waals surface area contributed by atoms with Gasteiger partial charge in [-0.2, -0.15) is 0 Å². The molecule has 2 aromatic carbocycles. The van der Waals surface area contributed by atoms with Crippen LogP contribution in [-0.2, 0) is 17.9 Å². The Morgan fingerprint density at radius 3 is 2.50 bits per heavy atom. The average molecular weight is 434 g/mol. The van der Waals surface area contributed by atoms with E-state index in [1.165, 1.54) is 5.56 Å². The SMILES string of the molecule is CN(C)C(=O)Cn1ccc2cc(NC(=O)NC3CCN(Cc4ccccc4)CC3)ccc21. The molecule has 0 saturated carbocycles. The van der Waals surface area contributed by atoms with Crippen LogP contribution in [0.2, 0.25) is 0 Å². The van der Waals surface area contributed by atoms with Crippen molar-refractivity contribution in [1.82, 2.24) is 19.7 Å². The fraction of sp³-hybridized carbons (Fsp3) is 0.360. The molecule has 1 aliphatic heterocycles. The van der Waals surface area contributed by atoms with Gasteiger partial charge in [0.1, 0.15) is 6.54 Å². The third-order valence-corrected chi connectivity index (χ3v) is 6.01. The Bertz CT molecular complexity index is 1070. The fourth-order valence-corrected chi connectivity index (χ4v) is 4.13. The molecule has 2 N–H and O–H groups in total.